The van der Waals surface area contributed by atoms with E-state index in [1.165, 1.54) is 38.1 Å². The van der Waals surface area contributed by atoms with Gasteiger partial charge >= 0.3 is 5.97 Å². The minimum atomic E-state index is -1.06. The monoisotopic (exact) mass is 283 g/mol. The number of rotatable bonds is 6. The molecule has 0 aliphatic carbocycles. The van der Waals surface area contributed by atoms with Crippen LogP contribution in [0.4, 0.5) is 4.39 Å². The van der Waals surface area contributed by atoms with E-state index in [2.05, 4.69) is 0 Å². The molecule has 110 valence electrons. The summed E-state index contributed by atoms with van der Waals surface area (Å²) < 4.78 is 18.3. The first-order chi connectivity index (χ1) is 9.36. The van der Waals surface area contributed by atoms with Gasteiger partial charge in [-0.3, -0.25) is 4.79 Å². The number of hydrogen-bond acceptors (Lipinski definition) is 3. The number of carboxylic acid groups (broad SMARTS) is 1. The highest BCUT2D eigenvalue weighted by molar-refractivity contribution is 5.83. The van der Waals surface area contributed by atoms with Crippen molar-refractivity contribution in [3.8, 4) is 5.75 Å². The lowest BCUT2D eigenvalue weighted by atomic mass is 10.1. The molecular formula is C14H18FNO4. The van der Waals surface area contributed by atoms with Crippen LogP contribution in [0.1, 0.15) is 18.9 Å². The van der Waals surface area contributed by atoms with Crippen molar-refractivity contribution in [1.29, 1.82) is 0 Å². The third-order valence-corrected chi connectivity index (χ3v) is 3.18. The van der Waals surface area contributed by atoms with Crippen molar-refractivity contribution in [3.63, 3.8) is 0 Å². The standard InChI is InChI=1S/C14H18FNO4/c1-9(14(18)19)16(2)13(17)7-5-10-4-6-12(20-3)11(15)8-10/h4,6,8-9H,5,7H2,1-3H3,(H,18,19). The van der Waals surface area contributed by atoms with Crippen molar-refractivity contribution in [3.05, 3.63) is 29.6 Å². The Balaban J connectivity index is 2.61. The van der Waals surface area contributed by atoms with Crippen molar-refractivity contribution in [2.24, 2.45) is 0 Å². The van der Waals surface area contributed by atoms with Crippen LogP contribution in [0.3, 0.4) is 0 Å². The van der Waals surface area contributed by atoms with Crippen LogP contribution >= 0.6 is 0 Å². The van der Waals surface area contributed by atoms with Crippen LogP contribution in [0.25, 0.3) is 0 Å². The van der Waals surface area contributed by atoms with Gasteiger partial charge in [-0.15, -0.1) is 0 Å². The molecule has 1 atom stereocenters. The SMILES string of the molecule is COc1ccc(CCC(=O)N(C)C(C)C(=O)O)cc1F. The Hall–Kier alpha value is -2.11. The molecule has 20 heavy (non-hydrogen) atoms. The molecule has 1 amide bonds. The van der Waals surface area contributed by atoms with Gasteiger partial charge in [-0.1, -0.05) is 6.07 Å². The van der Waals surface area contributed by atoms with Gasteiger partial charge in [-0.25, -0.2) is 9.18 Å². The van der Waals surface area contributed by atoms with Crippen LogP contribution in [0.15, 0.2) is 18.2 Å². The van der Waals surface area contributed by atoms with Gasteiger partial charge in [0.1, 0.15) is 6.04 Å². The van der Waals surface area contributed by atoms with E-state index in [1.54, 1.807) is 6.07 Å². The van der Waals surface area contributed by atoms with E-state index < -0.39 is 17.8 Å². The van der Waals surface area contributed by atoms with Gasteiger partial charge in [0.2, 0.25) is 5.91 Å². The first kappa shape index (κ1) is 15.9. The Labute approximate surface area is 117 Å². The van der Waals surface area contributed by atoms with E-state index in [-0.39, 0.29) is 18.1 Å². The molecular weight excluding hydrogens is 265 g/mol. The molecule has 0 heterocycles. The van der Waals surface area contributed by atoms with Crippen LogP contribution in [0.5, 0.6) is 5.75 Å². The smallest absolute Gasteiger partial charge is 0.326 e. The van der Waals surface area contributed by atoms with Crippen LogP contribution in [0, 0.1) is 5.82 Å². The zero-order chi connectivity index (χ0) is 15.3. The molecule has 1 aromatic carbocycles. The van der Waals surface area contributed by atoms with Crippen LogP contribution < -0.4 is 4.74 Å². The summed E-state index contributed by atoms with van der Waals surface area (Å²) in [6.45, 7) is 1.44. The Morgan fingerprint density at radius 2 is 2.10 bits per heavy atom. The predicted octanol–water partition coefficient (Wildman–Crippen LogP) is 1.70. The third kappa shape index (κ3) is 3.94. The van der Waals surface area contributed by atoms with E-state index in [0.29, 0.717) is 12.0 Å². The highest BCUT2D eigenvalue weighted by atomic mass is 19.1. The first-order valence-electron chi connectivity index (χ1n) is 6.17. The minimum Gasteiger partial charge on any atom is -0.494 e. The minimum absolute atomic E-state index is 0.125. The van der Waals surface area contributed by atoms with Gasteiger partial charge in [-0.05, 0) is 31.0 Å². The lowest BCUT2D eigenvalue weighted by molar-refractivity contribution is -0.148. The average molecular weight is 283 g/mol. The van der Waals surface area contributed by atoms with Crippen LogP contribution in [0.2, 0.25) is 0 Å². The van der Waals surface area contributed by atoms with Crippen molar-refractivity contribution < 1.29 is 23.8 Å². The largest absolute Gasteiger partial charge is 0.494 e. The fourth-order valence-corrected chi connectivity index (χ4v) is 1.67. The number of nitrogens with zero attached hydrogens (tertiary/aromatic N) is 1. The number of carbonyl (C=O) groups excluding carboxylic acids is 1. The second-order valence-electron chi connectivity index (χ2n) is 4.49. The Morgan fingerprint density at radius 1 is 1.45 bits per heavy atom. The predicted molar refractivity (Wildman–Crippen MR) is 71.1 cm³/mol. The summed E-state index contributed by atoms with van der Waals surface area (Å²) in [4.78, 5) is 23.8. The van der Waals surface area contributed by atoms with Gasteiger partial charge < -0.3 is 14.7 Å². The lowest BCUT2D eigenvalue weighted by Crippen LogP contribution is -2.40. The third-order valence-electron chi connectivity index (χ3n) is 3.18. The first-order valence-corrected chi connectivity index (χ1v) is 6.17. The highest BCUT2D eigenvalue weighted by Gasteiger charge is 2.21. The number of halogens is 1. The topological polar surface area (TPSA) is 66.8 Å². The van der Waals surface area contributed by atoms with Crippen molar-refractivity contribution in [1.82, 2.24) is 4.90 Å². The zero-order valence-electron chi connectivity index (χ0n) is 11.7. The number of carboxylic acids is 1. The normalized spacial score (nSPS) is 11.8. The van der Waals surface area contributed by atoms with Gasteiger partial charge in [0, 0.05) is 13.5 Å². The van der Waals surface area contributed by atoms with Gasteiger partial charge in [0.25, 0.3) is 0 Å². The van der Waals surface area contributed by atoms with Crippen molar-refractivity contribution >= 4 is 11.9 Å². The Bertz CT molecular complexity index is 504. The molecule has 1 N–H and O–H groups in total. The van der Waals surface area contributed by atoms with Crippen molar-refractivity contribution in [2.75, 3.05) is 14.2 Å². The van der Waals surface area contributed by atoms with Crippen LogP contribution in [-0.2, 0) is 16.0 Å². The number of hydrogen-bond donors (Lipinski definition) is 1. The summed E-state index contributed by atoms with van der Waals surface area (Å²) in [6, 6.07) is 3.61. The van der Waals surface area contributed by atoms with E-state index >= 15 is 0 Å². The molecule has 0 fully saturated rings. The maximum absolute atomic E-state index is 13.5. The summed E-state index contributed by atoms with van der Waals surface area (Å²) >= 11 is 0. The molecule has 5 nitrogen and oxygen atoms in total. The molecule has 1 unspecified atom stereocenters. The fourth-order valence-electron chi connectivity index (χ4n) is 1.67. The number of ether oxygens (including phenoxy) is 1. The Kier molecular flexibility index (Phi) is 5.49. The molecule has 1 aromatic rings. The quantitative estimate of drug-likeness (QED) is 0.863. The van der Waals surface area contributed by atoms with Crippen molar-refractivity contribution in [2.45, 2.75) is 25.8 Å². The number of likely N-dealkylation sites (N-methyl/N-ethyl adjacent to an activating group) is 1. The lowest BCUT2D eigenvalue weighted by Gasteiger charge is -2.21. The average Bonchev–Trinajstić information content (AvgIpc) is 2.43. The molecule has 0 bridgehead atoms. The molecule has 0 radical (unpaired) electrons. The second kappa shape index (κ2) is 6.88. The van der Waals surface area contributed by atoms with E-state index in [4.69, 9.17) is 9.84 Å². The molecule has 0 aliphatic heterocycles. The maximum atomic E-state index is 13.5. The fraction of sp³-hybridized carbons (Fsp3) is 0.429. The maximum Gasteiger partial charge on any atom is 0.326 e. The molecule has 0 aliphatic rings. The second-order valence-corrected chi connectivity index (χ2v) is 4.49. The number of carbonyl (C=O) groups is 2. The number of aryl methyl sites for hydroxylation is 1. The summed E-state index contributed by atoms with van der Waals surface area (Å²) in [6.07, 6.45) is 0.469. The van der Waals surface area contributed by atoms with Gasteiger partial charge in [0.05, 0.1) is 7.11 Å². The van der Waals surface area contributed by atoms with E-state index in [0.717, 1.165) is 0 Å². The molecule has 6 heteroatoms. The van der Waals surface area contributed by atoms with Gasteiger partial charge in [0.15, 0.2) is 11.6 Å². The zero-order valence-corrected chi connectivity index (χ0v) is 11.7. The molecule has 0 saturated carbocycles. The summed E-state index contributed by atoms with van der Waals surface area (Å²) in [5, 5.41) is 8.82. The Morgan fingerprint density at radius 3 is 2.60 bits per heavy atom. The van der Waals surface area contributed by atoms with E-state index in [1.807, 2.05) is 0 Å². The van der Waals surface area contributed by atoms with Crippen LogP contribution in [-0.4, -0.2) is 42.1 Å². The molecule has 0 aromatic heterocycles. The number of aliphatic carboxylic acids is 1. The summed E-state index contributed by atoms with van der Waals surface area (Å²) in [5.74, 6) is -1.69. The molecule has 1 rings (SSSR count). The van der Waals surface area contributed by atoms with Gasteiger partial charge in [-0.2, -0.15) is 0 Å². The number of benzene rings is 1. The molecule has 0 saturated heterocycles. The highest BCUT2D eigenvalue weighted by Crippen LogP contribution is 2.18. The summed E-state index contributed by atoms with van der Waals surface area (Å²) in [5.41, 5.74) is 0.660. The number of amides is 1. The number of methoxy groups -OCH3 is 1. The summed E-state index contributed by atoms with van der Waals surface area (Å²) in [7, 11) is 2.82. The van der Waals surface area contributed by atoms with E-state index in [9.17, 15) is 14.0 Å². The molecule has 0 spiro atoms.